The minimum atomic E-state index is 1.15. The van der Waals surface area contributed by atoms with Crippen LogP contribution in [0.2, 0.25) is 0 Å². The van der Waals surface area contributed by atoms with Crippen LogP contribution in [0.3, 0.4) is 0 Å². The zero-order valence-corrected chi connectivity index (χ0v) is 6.04. The van der Waals surface area contributed by atoms with Crippen LogP contribution in [0.1, 0.15) is 11.1 Å². The number of benzene rings is 1. The molecule has 0 radical (unpaired) electrons. The molecule has 0 atom stereocenters. The van der Waals surface area contributed by atoms with Crippen LogP contribution in [-0.2, 0) is 0 Å². The van der Waals surface area contributed by atoms with Crippen molar-refractivity contribution < 1.29 is 0 Å². The van der Waals surface area contributed by atoms with Gasteiger partial charge in [-0.05, 0) is 24.8 Å². The molecule has 10 heavy (non-hydrogen) atoms. The van der Waals surface area contributed by atoms with Gasteiger partial charge >= 0.3 is 0 Å². The molecule has 0 spiro atoms. The van der Waals surface area contributed by atoms with E-state index in [0.717, 1.165) is 5.56 Å². The molecule has 0 unspecified atom stereocenters. The first-order valence-electron chi connectivity index (χ1n) is 3.28. The van der Waals surface area contributed by atoms with E-state index >= 15 is 0 Å². The molecule has 1 nitrogen and oxygen atoms in total. The van der Waals surface area contributed by atoms with Crippen LogP contribution in [0.25, 0.3) is 6.08 Å². The molecule has 0 fully saturated rings. The van der Waals surface area contributed by atoms with Gasteiger partial charge in [0.25, 0.3) is 0 Å². The van der Waals surface area contributed by atoms with Crippen LogP contribution in [-0.4, -0.2) is 0 Å². The highest BCUT2D eigenvalue weighted by molar-refractivity contribution is 5.48. The van der Waals surface area contributed by atoms with Gasteiger partial charge in [-0.25, -0.2) is 0 Å². The summed E-state index contributed by atoms with van der Waals surface area (Å²) in [6.45, 7) is 2.07. The molecule has 0 saturated heterocycles. The van der Waals surface area contributed by atoms with Crippen molar-refractivity contribution in [2.45, 2.75) is 6.92 Å². The lowest BCUT2D eigenvalue weighted by molar-refractivity contribution is 1.46. The topological polar surface area (TPSA) is 26.0 Å². The van der Waals surface area contributed by atoms with Crippen LogP contribution >= 0.6 is 0 Å². The molecular formula is C9H11N. The summed E-state index contributed by atoms with van der Waals surface area (Å²) in [5, 5.41) is 0. The fraction of sp³-hybridized carbons (Fsp3) is 0.111. The Labute approximate surface area is 61.2 Å². The van der Waals surface area contributed by atoms with Crippen molar-refractivity contribution in [2.24, 2.45) is 5.73 Å². The number of hydrogen-bond donors (Lipinski definition) is 1. The fourth-order valence-corrected chi connectivity index (χ4v) is 0.789. The van der Waals surface area contributed by atoms with E-state index in [4.69, 9.17) is 5.73 Å². The fourth-order valence-electron chi connectivity index (χ4n) is 0.789. The highest BCUT2D eigenvalue weighted by Gasteiger charge is 1.83. The van der Waals surface area contributed by atoms with Crippen LogP contribution in [0.15, 0.2) is 30.5 Å². The average Bonchev–Trinajstić information content (AvgIpc) is 1.95. The third-order valence-corrected chi connectivity index (χ3v) is 1.37. The van der Waals surface area contributed by atoms with Gasteiger partial charge in [-0.3, -0.25) is 0 Å². The van der Waals surface area contributed by atoms with Gasteiger partial charge in [0.05, 0.1) is 0 Å². The summed E-state index contributed by atoms with van der Waals surface area (Å²) in [6.07, 6.45) is 3.42. The van der Waals surface area contributed by atoms with Gasteiger partial charge in [-0.15, -0.1) is 0 Å². The third-order valence-electron chi connectivity index (χ3n) is 1.37. The molecule has 0 bridgehead atoms. The van der Waals surface area contributed by atoms with Crippen molar-refractivity contribution in [1.29, 1.82) is 0 Å². The SMILES string of the molecule is Cc1ccc(/C=C\N)cc1. The molecule has 0 aliphatic heterocycles. The van der Waals surface area contributed by atoms with Crippen molar-refractivity contribution in [3.8, 4) is 0 Å². The molecule has 1 heteroatoms. The predicted octanol–water partition coefficient (Wildman–Crippen LogP) is 1.92. The number of nitrogens with two attached hydrogens (primary N) is 1. The van der Waals surface area contributed by atoms with Crippen molar-refractivity contribution in [2.75, 3.05) is 0 Å². The van der Waals surface area contributed by atoms with Crippen molar-refractivity contribution in [3.63, 3.8) is 0 Å². The van der Waals surface area contributed by atoms with Crippen molar-refractivity contribution in [3.05, 3.63) is 41.6 Å². The maximum absolute atomic E-state index is 5.22. The molecule has 0 amide bonds. The highest BCUT2D eigenvalue weighted by Crippen LogP contribution is 2.03. The van der Waals surface area contributed by atoms with Crippen LogP contribution in [0.4, 0.5) is 0 Å². The van der Waals surface area contributed by atoms with Gasteiger partial charge in [-0.1, -0.05) is 29.8 Å². The third kappa shape index (κ3) is 1.62. The molecule has 0 aliphatic rings. The summed E-state index contributed by atoms with van der Waals surface area (Å²) in [5.74, 6) is 0. The van der Waals surface area contributed by atoms with Crippen LogP contribution < -0.4 is 5.73 Å². The van der Waals surface area contributed by atoms with Crippen LogP contribution in [0.5, 0.6) is 0 Å². The molecule has 2 N–H and O–H groups in total. The standard InChI is InChI=1S/C9H11N/c1-8-2-4-9(5-3-8)6-7-10/h2-7H,10H2,1H3/b7-6-. The summed E-state index contributed by atoms with van der Waals surface area (Å²) >= 11 is 0. The first-order chi connectivity index (χ1) is 4.83. The van der Waals surface area contributed by atoms with E-state index in [1.165, 1.54) is 5.56 Å². The summed E-state index contributed by atoms with van der Waals surface area (Å²) in [4.78, 5) is 0. The lowest BCUT2D eigenvalue weighted by Crippen LogP contribution is -1.77. The van der Waals surface area contributed by atoms with E-state index in [1.807, 2.05) is 18.2 Å². The zero-order chi connectivity index (χ0) is 7.40. The quantitative estimate of drug-likeness (QED) is 0.622. The molecule has 0 saturated carbocycles. The molecule has 0 aromatic heterocycles. The molecule has 1 aromatic carbocycles. The highest BCUT2D eigenvalue weighted by atomic mass is 14.5. The first-order valence-corrected chi connectivity index (χ1v) is 3.28. The molecule has 0 heterocycles. The largest absolute Gasteiger partial charge is 0.405 e. The Morgan fingerprint density at radius 1 is 1.20 bits per heavy atom. The Kier molecular flexibility index (Phi) is 2.11. The predicted molar refractivity (Wildman–Crippen MR) is 44.4 cm³/mol. The lowest BCUT2D eigenvalue weighted by Gasteiger charge is -1.92. The van der Waals surface area contributed by atoms with Gasteiger partial charge in [-0.2, -0.15) is 0 Å². The second-order valence-electron chi connectivity index (χ2n) is 2.27. The van der Waals surface area contributed by atoms with E-state index in [-0.39, 0.29) is 0 Å². The molecule has 1 rings (SSSR count). The average molecular weight is 133 g/mol. The van der Waals surface area contributed by atoms with Gasteiger partial charge in [0.2, 0.25) is 0 Å². The number of hydrogen-bond acceptors (Lipinski definition) is 1. The molecular weight excluding hydrogens is 122 g/mol. The minimum absolute atomic E-state index is 1.15. The molecule has 0 aliphatic carbocycles. The van der Waals surface area contributed by atoms with Crippen molar-refractivity contribution >= 4 is 6.08 Å². The Morgan fingerprint density at radius 3 is 2.30 bits per heavy atom. The van der Waals surface area contributed by atoms with Gasteiger partial charge in [0.15, 0.2) is 0 Å². The Bertz CT molecular complexity index is 221. The second kappa shape index (κ2) is 3.06. The minimum Gasteiger partial charge on any atom is -0.405 e. The van der Waals surface area contributed by atoms with E-state index in [2.05, 4.69) is 19.1 Å². The lowest BCUT2D eigenvalue weighted by atomic mass is 10.1. The normalized spacial score (nSPS) is 10.5. The van der Waals surface area contributed by atoms with Crippen LogP contribution in [0, 0.1) is 6.92 Å². The molecule has 1 aromatic rings. The van der Waals surface area contributed by atoms with Gasteiger partial charge in [0.1, 0.15) is 0 Å². The van der Waals surface area contributed by atoms with E-state index in [9.17, 15) is 0 Å². The Hall–Kier alpha value is -1.24. The summed E-state index contributed by atoms with van der Waals surface area (Å²) < 4.78 is 0. The Balaban J connectivity index is 2.89. The van der Waals surface area contributed by atoms with Gasteiger partial charge in [0, 0.05) is 0 Å². The number of rotatable bonds is 1. The Morgan fingerprint density at radius 2 is 1.80 bits per heavy atom. The summed E-state index contributed by atoms with van der Waals surface area (Å²) in [6, 6.07) is 8.21. The zero-order valence-electron chi connectivity index (χ0n) is 6.04. The van der Waals surface area contributed by atoms with Gasteiger partial charge < -0.3 is 5.73 Å². The number of aryl methyl sites for hydroxylation is 1. The monoisotopic (exact) mass is 133 g/mol. The maximum Gasteiger partial charge on any atom is -0.00564 e. The second-order valence-corrected chi connectivity index (χ2v) is 2.27. The van der Waals surface area contributed by atoms with Crippen molar-refractivity contribution in [1.82, 2.24) is 0 Å². The summed E-state index contributed by atoms with van der Waals surface area (Å²) in [5.41, 5.74) is 7.64. The maximum atomic E-state index is 5.22. The van der Waals surface area contributed by atoms with E-state index < -0.39 is 0 Å². The first kappa shape index (κ1) is 6.87. The summed E-state index contributed by atoms with van der Waals surface area (Å²) in [7, 11) is 0. The van der Waals surface area contributed by atoms with E-state index in [1.54, 1.807) is 6.20 Å². The molecule has 52 valence electrons. The van der Waals surface area contributed by atoms with E-state index in [0.29, 0.717) is 0 Å². The smallest absolute Gasteiger partial charge is 0.00564 e.